The van der Waals surface area contributed by atoms with Crippen molar-refractivity contribution < 1.29 is 9.53 Å². The second kappa shape index (κ2) is 7.55. The Kier molecular flexibility index (Phi) is 5.11. The summed E-state index contributed by atoms with van der Waals surface area (Å²) in [7, 11) is 1.70. The Labute approximate surface area is 174 Å². The lowest BCUT2D eigenvalue weighted by molar-refractivity contribution is -0.112. The molecule has 0 saturated carbocycles. The van der Waals surface area contributed by atoms with E-state index in [1.165, 1.54) is 16.7 Å². The number of allylic oxidation sites excluding steroid dienone is 2. The van der Waals surface area contributed by atoms with E-state index in [2.05, 4.69) is 52.3 Å². The lowest BCUT2D eigenvalue weighted by Gasteiger charge is -2.31. The SMILES string of the molecule is COc1ccc2c(c1)CC[C@H]1C2=NN(/C(C)=C/C(C)=O)[C@H]1c1ccc(Br)cc1. The van der Waals surface area contributed by atoms with Crippen molar-refractivity contribution in [3.8, 4) is 5.75 Å². The number of benzene rings is 2. The molecule has 1 aliphatic carbocycles. The van der Waals surface area contributed by atoms with Gasteiger partial charge in [0.2, 0.25) is 0 Å². The summed E-state index contributed by atoms with van der Waals surface area (Å²) in [5.41, 5.74) is 5.65. The number of carbonyl (C=O) groups excluding carboxylic acids is 1. The molecule has 4 nitrogen and oxygen atoms in total. The first-order valence-electron chi connectivity index (χ1n) is 9.47. The molecule has 0 bridgehead atoms. The Hall–Kier alpha value is -2.40. The molecule has 0 fully saturated rings. The van der Waals surface area contributed by atoms with E-state index in [1.54, 1.807) is 20.1 Å². The van der Waals surface area contributed by atoms with E-state index in [1.807, 2.05) is 18.0 Å². The quantitative estimate of drug-likeness (QED) is 0.610. The van der Waals surface area contributed by atoms with E-state index >= 15 is 0 Å². The third kappa shape index (κ3) is 3.39. The van der Waals surface area contributed by atoms with Crippen LogP contribution >= 0.6 is 15.9 Å². The summed E-state index contributed by atoms with van der Waals surface area (Å²) in [6, 6.07) is 14.7. The lowest BCUT2D eigenvalue weighted by Crippen LogP contribution is -2.28. The number of rotatable bonds is 4. The maximum absolute atomic E-state index is 11.7. The zero-order valence-electron chi connectivity index (χ0n) is 16.3. The fourth-order valence-electron chi connectivity index (χ4n) is 4.28. The first-order valence-corrected chi connectivity index (χ1v) is 10.3. The Morgan fingerprint density at radius 3 is 2.64 bits per heavy atom. The molecule has 0 N–H and O–H groups in total. The third-order valence-corrected chi connectivity index (χ3v) is 6.04. The fraction of sp³-hybridized carbons (Fsp3) is 0.304. The van der Waals surface area contributed by atoms with Crippen LogP contribution in [0.2, 0.25) is 0 Å². The number of fused-ring (bicyclic) bond motifs is 3. The van der Waals surface area contributed by atoms with Crippen molar-refractivity contribution in [1.29, 1.82) is 0 Å². The number of ether oxygens (including phenoxy) is 1. The minimum Gasteiger partial charge on any atom is -0.497 e. The summed E-state index contributed by atoms with van der Waals surface area (Å²) < 4.78 is 6.45. The van der Waals surface area contributed by atoms with Crippen molar-refractivity contribution in [2.45, 2.75) is 32.7 Å². The lowest BCUT2D eigenvalue weighted by atomic mass is 9.77. The molecule has 0 unspecified atom stereocenters. The second-order valence-electron chi connectivity index (χ2n) is 7.39. The summed E-state index contributed by atoms with van der Waals surface area (Å²) in [5, 5.41) is 7.05. The van der Waals surface area contributed by atoms with Crippen LogP contribution in [0.25, 0.3) is 0 Å². The second-order valence-corrected chi connectivity index (χ2v) is 8.31. The molecule has 0 spiro atoms. The summed E-state index contributed by atoms with van der Waals surface area (Å²) in [4.78, 5) is 11.7. The van der Waals surface area contributed by atoms with Crippen molar-refractivity contribution >= 4 is 27.4 Å². The van der Waals surface area contributed by atoms with Gasteiger partial charge in [0.1, 0.15) is 5.75 Å². The van der Waals surface area contributed by atoms with Crippen LogP contribution in [0, 0.1) is 5.92 Å². The first-order chi connectivity index (χ1) is 13.5. The molecule has 2 aromatic carbocycles. The number of halogens is 1. The Bertz CT molecular complexity index is 979. The number of hydrogen-bond acceptors (Lipinski definition) is 4. The van der Waals surface area contributed by atoms with Gasteiger partial charge in [-0.3, -0.25) is 9.80 Å². The Morgan fingerprint density at radius 1 is 1.21 bits per heavy atom. The minimum absolute atomic E-state index is 0.0345. The highest BCUT2D eigenvalue weighted by Gasteiger charge is 2.42. The Morgan fingerprint density at radius 2 is 1.96 bits per heavy atom. The van der Waals surface area contributed by atoms with Crippen LogP contribution in [0.15, 0.2) is 63.8 Å². The maximum Gasteiger partial charge on any atom is 0.154 e. The van der Waals surface area contributed by atoms with Crippen molar-refractivity contribution in [3.05, 3.63) is 75.4 Å². The highest BCUT2D eigenvalue weighted by molar-refractivity contribution is 9.10. The molecule has 4 rings (SSSR count). The van der Waals surface area contributed by atoms with Gasteiger partial charge in [-0.1, -0.05) is 28.1 Å². The van der Waals surface area contributed by atoms with Crippen LogP contribution in [0.1, 0.15) is 43.0 Å². The van der Waals surface area contributed by atoms with Crippen molar-refractivity contribution in [2.75, 3.05) is 7.11 Å². The molecule has 28 heavy (non-hydrogen) atoms. The van der Waals surface area contributed by atoms with Gasteiger partial charge in [-0.05, 0) is 68.1 Å². The van der Waals surface area contributed by atoms with E-state index in [4.69, 9.17) is 9.84 Å². The van der Waals surface area contributed by atoms with Gasteiger partial charge in [-0.15, -0.1) is 0 Å². The topological polar surface area (TPSA) is 41.9 Å². The largest absolute Gasteiger partial charge is 0.497 e. The molecule has 5 heteroatoms. The third-order valence-electron chi connectivity index (χ3n) is 5.51. The zero-order valence-corrected chi connectivity index (χ0v) is 17.9. The predicted octanol–water partition coefficient (Wildman–Crippen LogP) is 5.27. The minimum atomic E-state index is 0.0345. The number of carbonyl (C=O) groups is 1. The molecular weight excluding hydrogens is 416 g/mol. The number of hydrazone groups is 1. The molecule has 2 aromatic rings. The van der Waals surface area contributed by atoms with Gasteiger partial charge >= 0.3 is 0 Å². The summed E-state index contributed by atoms with van der Waals surface area (Å²) in [6.45, 7) is 3.54. The fourth-order valence-corrected chi connectivity index (χ4v) is 4.54. The molecule has 1 aliphatic heterocycles. The van der Waals surface area contributed by atoms with Gasteiger partial charge in [-0.25, -0.2) is 0 Å². The molecule has 144 valence electrons. The van der Waals surface area contributed by atoms with E-state index < -0.39 is 0 Å². The molecule has 0 amide bonds. The number of nitrogens with zero attached hydrogens (tertiary/aromatic N) is 2. The molecule has 0 aromatic heterocycles. The maximum atomic E-state index is 11.7. The first kappa shape index (κ1) is 18.9. The molecular formula is C23H23BrN2O2. The summed E-state index contributed by atoms with van der Waals surface area (Å²) >= 11 is 3.52. The van der Waals surface area contributed by atoms with Crippen LogP contribution < -0.4 is 4.74 Å². The summed E-state index contributed by atoms with van der Waals surface area (Å²) in [6.07, 6.45) is 3.68. The molecule has 1 heterocycles. The molecule has 0 saturated heterocycles. The number of ketones is 1. The molecule has 2 atom stereocenters. The van der Waals surface area contributed by atoms with Crippen molar-refractivity contribution in [3.63, 3.8) is 0 Å². The van der Waals surface area contributed by atoms with Crippen LogP contribution in [0.4, 0.5) is 0 Å². The normalized spacial score (nSPS) is 21.1. The van der Waals surface area contributed by atoms with Crippen LogP contribution in [-0.4, -0.2) is 23.6 Å². The average molecular weight is 439 g/mol. The van der Waals surface area contributed by atoms with Gasteiger partial charge in [0.15, 0.2) is 5.78 Å². The van der Waals surface area contributed by atoms with Crippen molar-refractivity contribution in [2.24, 2.45) is 11.0 Å². The standard InChI is InChI=1S/C23H23BrN2O2/c1-14(12-15(2)27)26-23(16-4-7-18(24)8-5-16)21-10-6-17-13-19(28-3)9-11-20(17)22(21)25-26/h4-5,7-9,11-13,21,23H,6,10H2,1-3H3/b14-12+/t21-,23-/m0/s1. The van der Waals surface area contributed by atoms with Gasteiger partial charge in [0, 0.05) is 27.7 Å². The predicted molar refractivity (Wildman–Crippen MR) is 115 cm³/mol. The highest BCUT2D eigenvalue weighted by Crippen LogP contribution is 2.45. The van der Waals surface area contributed by atoms with Gasteiger partial charge in [-0.2, -0.15) is 5.10 Å². The number of aryl methyl sites for hydroxylation is 1. The zero-order chi connectivity index (χ0) is 19.8. The van der Waals surface area contributed by atoms with Gasteiger partial charge < -0.3 is 4.74 Å². The van der Waals surface area contributed by atoms with Crippen LogP contribution in [0.5, 0.6) is 5.75 Å². The van der Waals surface area contributed by atoms with Crippen LogP contribution in [-0.2, 0) is 11.2 Å². The highest BCUT2D eigenvalue weighted by atomic mass is 79.9. The van der Waals surface area contributed by atoms with E-state index in [0.717, 1.165) is 34.5 Å². The van der Waals surface area contributed by atoms with E-state index in [9.17, 15) is 4.79 Å². The average Bonchev–Trinajstić information content (AvgIpc) is 3.07. The monoisotopic (exact) mass is 438 g/mol. The molecule has 0 radical (unpaired) electrons. The Balaban J connectivity index is 1.81. The summed E-state index contributed by atoms with van der Waals surface area (Å²) in [5.74, 6) is 1.20. The van der Waals surface area contributed by atoms with E-state index in [0.29, 0.717) is 0 Å². The number of methoxy groups -OCH3 is 1. The van der Waals surface area contributed by atoms with Crippen molar-refractivity contribution in [1.82, 2.24) is 5.01 Å². The molecule has 2 aliphatic rings. The van der Waals surface area contributed by atoms with Gasteiger partial charge in [0.25, 0.3) is 0 Å². The van der Waals surface area contributed by atoms with E-state index in [-0.39, 0.29) is 17.7 Å². The van der Waals surface area contributed by atoms with Gasteiger partial charge in [0.05, 0.1) is 18.9 Å². The number of hydrogen-bond donors (Lipinski definition) is 0. The smallest absolute Gasteiger partial charge is 0.154 e. The van der Waals surface area contributed by atoms with Crippen LogP contribution in [0.3, 0.4) is 0 Å².